The van der Waals surface area contributed by atoms with Crippen LogP contribution in [0, 0.1) is 0 Å². The van der Waals surface area contributed by atoms with Crippen molar-refractivity contribution >= 4 is 11.9 Å². The number of amides is 1. The summed E-state index contributed by atoms with van der Waals surface area (Å²) in [5, 5.41) is 0. The van der Waals surface area contributed by atoms with Gasteiger partial charge in [-0.15, -0.1) is 0 Å². The summed E-state index contributed by atoms with van der Waals surface area (Å²) in [6.45, 7) is 6.84. The average molecular weight is 201 g/mol. The molecule has 0 unspecified atom stereocenters. The largest absolute Gasteiger partial charge is 0.466 e. The smallest absolute Gasteiger partial charge is 0.307 e. The Labute approximate surface area is 85.2 Å². The predicted molar refractivity (Wildman–Crippen MR) is 53.8 cm³/mol. The molecule has 1 amide bonds. The minimum Gasteiger partial charge on any atom is -0.466 e. The lowest BCUT2D eigenvalue weighted by Crippen LogP contribution is -2.31. The van der Waals surface area contributed by atoms with E-state index < -0.39 is 0 Å². The number of rotatable bonds is 6. The monoisotopic (exact) mass is 201 g/mol. The normalized spacial score (nSPS) is 9.64. The van der Waals surface area contributed by atoms with Crippen LogP contribution in [-0.2, 0) is 14.3 Å². The molecule has 0 atom stereocenters. The van der Waals surface area contributed by atoms with Crippen molar-refractivity contribution < 1.29 is 14.3 Å². The molecular formula is C10H19NO3. The average Bonchev–Trinajstić information content (AvgIpc) is 2.12. The van der Waals surface area contributed by atoms with E-state index in [-0.39, 0.29) is 18.3 Å². The van der Waals surface area contributed by atoms with E-state index >= 15 is 0 Å². The highest BCUT2D eigenvalue weighted by molar-refractivity contribution is 5.74. The van der Waals surface area contributed by atoms with Crippen LogP contribution in [0.5, 0.6) is 0 Å². The quantitative estimate of drug-likeness (QED) is 0.607. The van der Waals surface area contributed by atoms with Gasteiger partial charge in [0.15, 0.2) is 0 Å². The molecule has 0 aromatic rings. The van der Waals surface area contributed by atoms with E-state index in [1.807, 2.05) is 6.92 Å². The maximum atomic E-state index is 11.1. The van der Waals surface area contributed by atoms with Crippen molar-refractivity contribution in [2.45, 2.75) is 33.6 Å². The Hall–Kier alpha value is -1.06. The molecule has 0 aliphatic heterocycles. The Kier molecular flexibility index (Phi) is 6.80. The first kappa shape index (κ1) is 12.9. The molecule has 0 saturated heterocycles. The van der Waals surface area contributed by atoms with Crippen molar-refractivity contribution in [3.05, 3.63) is 0 Å². The lowest BCUT2D eigenvalue weighted by Gasteiger charge is -2.19. The number of nitrogens with zero attached hydrogens (tertiary/aromatic N) is 1. The molecule has 0 N–H and O–H groups in total. The SMILES string of the molecule is CCCN(CCC(=O)OCC)C(C)=O. The molecule has 0 aromatic heterocycles. The van der Waals surface area contributed by atoms with Crippen molar-refractivity contribution in [1.82, 2.24) is 4.90 Å². The van der Waals surface area contributed by atoms with Gasteiger partial charge in [-0.1, -0.05) is 6.92 Å². The third kappa shape index (κ3) is 5.56. The van der Waals surface area contributed by atoms with Crippen LogP contribution >= 0.6 is 0 Å². The van der Waals surface area contributed by atoms with Gasteiger partial charge in [0.2, 0.25) is 5.91 Å². The minimum atomic E-state index is -0.241. The Morgan fingerprint density at radius 3 is 2.29 bits per heavy atom. The molecule has 0 saturated carbocycles. The topological polar surface area (TPSA) is 46.6 Å². The molecule has 0 bridgehead atoms. The molecule has 0 aliphatic carbocycles. The van der Waals surface area contributed by atoms with E-state index in [9.17, 15) is 9.59 Å². The fraction of sp³-hybridized carbons (Fsp3) is 0.800. The first-order valence-corrected chi connectivity index (χ1v) is 5.02. The number of ether oxygens (including phenoxy) is 1. The molecule has 0 rings (SSSR count). The zero-order chi connectivity index (χ0) is 11.0. The van der Waals surface area contributed by atoms with E-state index in [1.165, 1.54) is 6.92 Å². The van der Waals surface area contributed by atoms with Gasteiger partial charge in [0, 0.05) is 20.0 Å². The number of carbonyl (C=O) groups excluding carboxylic acids is 2. The molecular weight excluding hydrogens is 182 g/mol. The molecule has 0 radical (unpaired) electrons. The third-order valence-electron chi connectivity index (χ3n) is 1.83. The van der Waals surface area contributed by atoms with Gasteiger partial charge in [-0.2, -0.15) is 0 Å². The molecule has 0 heterocycles. The maximum absolute atomic E-state index is 11.1. The van der Waals surface area contributed by atoms with E-state index in [1.54, 1.807) is 11.8 Å². The van der Waals surface area contributed by atoms with Crippen molar-refractivity contribution in [3.8, 4) is 0 Å². The summed E-state index contributed by atoms with van der Waals surface area (Å²) in [5.41, 5.74) is 0. The summed E-state index contributed by atoms with van der Waals surface area (Å²) < 4.78 is 4.77. The summed E-state index contributed by atoms with van der Waals surface area (Å²) in [6.07, 6.45) is 1.19. The Balaban J connectivity index is 3.81. The van der Waals surface area contributed by atoms with E-state index in [0.717, 1.165) is 6.42 Å². The molecule has 14 heavy (non-hydrogen) atoms. The second-order valence-corrected chi connectivity index (χ2v) is 3.06. The predicted octanol–water partition coefficient (Wildman–Crippen LogP) is 1.20. The summed E-state index contributed by atoms with van der Waals surface area (Å²) in [5.74, 6) is -0.231. The van der Waals surface area contributed by atoms with Gasteiger partial charge in [-0.05, 0) is 13.3 Å². The minimum absolute atomic E-state index is 0.0103. The van der Waals surface area contributed by atoms with Gasteiger partial charge < -0.3 is 9.64 Å². The zero-order valence-electron chi connectivity index (χ0n) is 9.21. The lowest BCUT2D eigenvalue weighted by atomic mass is 10.3. The Morgan fingerprint density at radius 2 is 1.86 bits per heavy atom. The van der Waals surface area contributed by atoms with Crippen molar-refractivity contribution in [2.24, 2.45) is 0 Å². The van der Waals surface area contributed by atoms with E-state index in [0.29, 0.717) is 19.7 Å². The third-order valence-corrected chi connectivity index (χ3v) is 1.83. The van der Waals surface area contributed by atoms with Gasteiger partial charge in [0.05, 0.1) is 13.0 Å². The first-order chi connectivity index (χ1) is 6.61. The Morgan fingerprint density at radius 1 is 1.21 bits per heavy atom. The van der Waals surface area contributed by atoms with Crippen LogP contribution in [0.3, 0.4) is 0 Å². The first-order valence-electron chi connectivity index (χ1n) is 5.02. The van der Waals surface area contributed by atoms with Gasteiger partial charge in [0.1, 0.15) is 0 Å². The summed E-state index contributed by atoms with van der Waals surface area (Å²) >= 11 is 0. The molecule has 82 valence electrons. The highest BCUT2D eigenvalue weighted by Gasteiger charge is 2.10. The van der Waals surface area contributed by atoms with E-state index in [4.69, 9.17) is 4.74 Å². The van der Waals surface area contributed by atoms with Gasteiger partial charge >= 0.3 is 5.97 Å². The van der Waals surface area contributed by atoms with Crippen molar-refractivity contribution in [1.29, 1.82) is 0 Å². The molecule has 0 aromatic carbocycles. The second kappa shape index (κ2) is 7.35. The van der Waals surface area contributed by atoms with Crippen molar-refractivity contribution in [3.63, 3.8) is 0 Å². The van der Waals surface area contributed by atoms with Crippen LogP contribution < -0.4 is 0 Å². The number of hydrogen-bond acceptors (Lipinski definition) is 3. The highest BCUT2D eigenvalue weighted by atomic mass is 16.5. The van der Waals surface area contributed by atoms with Crippen LogP contribution in [0.2, 0.25) is 0 Å². The van der Waals surface area contributed by atoms with E-state index in [2.05, 4.69) is 0 Å². The molecule has 0 spiro atoms. The van der Waals surface area contributed by atoms with Crippen LogP contribution in [0.1, 0.15) is 33.6 Å². The second-order valence-electron chi connectivity index (χ2n) is 3.06. The van der Waals surface area contributed by atoms with Gasteiger partial charge in [-0.3, -0.25) is 9.59 Å². The lowest BCUT2D eigenvalue weighted by molar-refractivity contribution is -0.143. The van der Waals surface area contributed by atoms with Gasteiger partial charge in [0.25, 0.3) is 0 Å². The Bertz CT molecular complexity index is 192. The zero-order valence-corrected chi connectivity index (χ0v) is 9.21. The van der Waals surface area contributed by atoms with Crippen LogP contribution in [0.25, 0.3) is 0 Å². The van der Waals surface area contributed by atoms with Crippen LogP contribution in [-0.4, -0.2) is 36.5 Å². The summed E-state index contributed by atoms with van der Waals surface area (Å²) in [6, 6.07) is 0. The highest BCUT2D eigenvalue weighted by Crippen LogP contribution is 1.96. The molecule has 0 aliphatic rings. The standard InChI is InChI=1S/C10H19NO3/c1-4-7-11(9(3)12)8-6-10(13)14-5-2/h4-8H2,1-3H3. The molecule has 4 nitrogen and oxygen atoms in total. The summed E-state index contributed by atoms with van der Waals surface area (Å²) in [4.78, 5) is 23.8. The van der Waals surface area contributed by atoms with Gasteiger partial charge in [-0.25, -0.2) is 0 Å². The summed E-state index contributed by atoms with van der Waals surface area (Å²) in [7, 11) is 0. The number of hydrogen-bond donors (Lipinski definition) is 0. The maximum Gasteiger partial charge on any atom is 0.307 e. The number of esters is 1. The number of carbonyl (C=O) groups is 2. The molecule has 0 fully saturated rings. The fourth-order valence-electron chi connectivity index (χ4n) is 1.16. The fourth-order valence-corrected chi connectivity index (χ4v) is 1.16. The van der Waals surface area contributed by atoms with Crippen molar-refractivity contribution in [2.75, 3.05) is 19.7 Å². The van der Waals surface area contributed by atoms with Crippen LogP contribution in [0.15, 0.2) is 0 Å². The molecule has 4 heteroatoms. The van der Waals surface area contributed by atoms with Crippen LogP contribution in [0.4, 0.5) is 0 Å².